The van der Waals surface area contributed by atoms with Crippen molar-refractivity contribution in [2.45, 2.75) is 13.0 Å². The number of aliphatic carboxylic acids is 1. The van der Waals surface area contributed by atoms with Crippen LogP contribution < -0.4 is 9.47 Å². The molecule has 0 saturated carbocycles. The number of benzene rings is 3. The number of carbonyl (C=O) groups is 1. The Morgan fingerprint density at radius 3 is 2.19 bits per heavy atom. The van der Waals surface area contributed by atoms with Crippen molar-refractivity contribution in [1.82, 2.24) is 0 Å². The van der Waals surface area contributed by atoms with Crippen LogP contribution in [0.1, 0.15) is 11.1 Å². The zero-order chi connectivity index (χ0) is 18.4. The molecule has 0 aliphatic heterocycles. The number of rotatable bonds is 7. The van der Waals surface area contributed by atoms with Gasteiger partial charge in [0.15, 0.2) is 0 Å². The zero-order valence-electron chi connectivity index (χ0n) is 14.5. The van der Waals surface area contributed by atoms with Crippen LogP contribution in [0.25, 0.3) is 11.1 Å². The summed E-state index contributed by atoms with van der Waals surface area (Å²) in [5.74, 6) is 0.722. The molecular formula is C22H20O4. The molecule has 0 fully saturated rings. The van der Waals surface area contributed by atoms with Gasteiger partial charge in [-0.25, -0.2) is 0 Å². The number of methoxy groups -OCH3 is 1. The molecule has 3 aromatic rings. The van der Waals surface area contributed by atoms with Crippen molar-refractivity contribution >= 4 is 5.97 Å². The Kier molecular flexibility index (Phi) is 5.54. The standard InChI is InChI=1S/C22H20O4/c1-25-21-5-3-2-4-20(21)18-10-6-17(7-11-18)15-26-19-12-8-16(9-13-19)14-22(23)24/h2-13H,14-15H2,1H3,(H,23,24). The maximum absolute atomic E-state index is 10.7. The smallest absolute Gasteiger partial charge is 0.307 e. The molecule has 4 heteroatoms. The summed E-state index contributed by atoms with van der Waals surface area (Å²) in [5.41, 5.74) is 3.95. The number of hydrogen-bond donors (Lipinski definition) is 1. The van der Waals surface area contributed by atoms with Crippen LogP contribution in [0, 0.1) is 0 Å². The minimum absolute atomic E-state index is 0.0185. The van der Waals surface area contributed by atoms with E-state index < -0.39 is 5.97 Å². The monoisotopic (exact) mass is 348 g/mol. The first-order valence-electron chi connectivity index (χ1n) is 8.31. The first-order valence-corrected chi connectivity index (χ1v) is 8.31. The van der Waals surface area contributed by atoms with Gasteiger partial charge in [-0.3, -0.25) is 4.79 Å². The summed E-state index contributed by atoms with van der Waals surface area (Å²) in [5, 5.41) is 8.79. The fourth-order valence-electron chi connectivity index (χ4n) is 2.71. The minimum atomic E-state index is -0.839. The quantitative estimate of drug-likeness (QED) is 0.680. The first-order chi connectivity index (χ1) is 12.7. The SMILES string of the molecule is COc1ccccc1-c1ccc(COc2ccc(CC(=O)O)cc2)cc1. The highest BCUT2D eigenvalue weighted by atomic mass is 16.5. The lowest BCUT2D eigenvalue weighted by atomic mass is 10.0. The largest absolute Gasteiger partial charge is 0.496 e. The van der Waals surface area contributed by atoms with Crippen LogP contribution in [0.2, 0.25) is 0 Å². The zero-order valence-corrected chi connectivity index (χ0v) is 14.5. The molecule has 0 bridgehead atoms. The Morgan fingerprint density at radius 1 is 0.885 bits per heavy atom. The van der Waals surface area contributed by atoms with Crippen LogP contribution >= 0.6 is 0 Å². The van der Waals surface area contributed by atoms with Crippen molar-refractivity contribution in [3.8, 4) is 22.6 Å². The highest BCUT2D eigenvalue weighted by molar-refractivity contribution is 5.71. The van der Waals surface area contributed by atoms with Crippen molar-refractivity contribution in [2.75, 3.05) is 7.11 Å². The summed E-state index contributed by atoms with van der Waals surface area (Å²) in [7, 11) is 1.67. The van der Waals surface area contributed by atoms with Gasteiger partial charge in [-0.15, -0.1) is 0 Å². The van der Waals surface area contributed by atoms with Crippen molar-refractivity contribution < 1.29 is 19.4 Å². The predicted molar refractivity (Wildman–Crippen MR) is 101 cm³/mol. The Morgan fingerprint density at radius 2 is 1.54 bits per heavy atom. The van der Waals surface area contributed by atoms with Gasteiger partial charge in [-0.05, 0) is 34.9 Å². The molecule has 0 heterocycles. The van der Waals surface area contributed by atoms with E-state index in [1.165, 1.54) is 0 Å². The van der Waals surface area contributed by atoms with Crippen molar-refractivity contribution in [3.63, 3.8) is 0 Å². The lowest BCUT2D eigenvalue weighted by Crippen LogP contribution is -2.00. The minimum Gasteiger partial charge on any atom is -0.496 e. The molecule has 0 radical (unpaired) electrons. The van der Waals surface area contributed by atoms with Gasteiger partial charge in [-0.1, -0.05) is 54.6 Å². The molecule has 1 N–H and O–H groups in total. The second-order valence-electron chi connectivity index (χ2n) is 5.90. The topological polar surface area (TPSA) is 55.8 Å². The van der Waals surface area contributed by atoms with Gasteiger partial charge in [0.25, 0.3) is 0 Å². The van der Waals surface area contributed by atoms with Gasteiger partial charge in [0.1, 0.15) is 18.1 Å². The van der Waals surface area contributed by atoms with Gasteiger partial charge in [0.05, 0.1) is 13.5 Å². The summed E-state index contributed by atoms with van der Waals surface area (Å²) in [6, 6.07) is 23.2. The van der Waals surface area contributed by atoms with E-state index >= 15 is 0 Å². The Bertz CT molecular complexity index is 867. The Hall–Kier alpha value is -3.27. The molecule has 0 unspecified atom stereocenters. The number of hydrogen-bond acceptors (Lipinski definition) is 3. The van der Waals surface area contributed by atoms with E-state index in [9.17, 15) is 4.79 Å². The highest BCUT2D eigenvalue weighted by Gasteiger charge is 2.05. The summed E-state index contributed by atoms with van der Waals surface area (Å²) in [4.78, 5) is 10.7. The molecule has 0 atom stereocenters. The lowest BCUT2D eigenvalue weighted by Gasteiger charge is -2.10. The third-order valence-corrected chi connectivity index (χ3v) is 4.06. The molecule has 0 aromatic heterocycles. The molecule has 0 amide bonds. The van der Waals surface area contributed by atoms with Crippen molar-refractivity contribution in [2.24, 2.45) is 0 Å². The van der Waals surface area contributed by atoms with E-state index in [1.54, 1.807) is 31.4 Å². The van der Waals surface area contributed by atoms with Crippen molar-refractivity contribution in [3.05, 3.63) is 83.9 Å². The fourth-order valence-corrected chi connectivity index (χ4v) is 2.71. The molecule has 3 rings (SSSR count). The van der Waals surface area contributed by atoms with Crippen molar-refractivity contribution in [1.29, 1.82) is 0 Å². The van der Waals surface area contributed by atoms with E-state index in [2.05, 4.69) is 0 Å². The van der Waals surface area contributed by atoms with E-state index in [0.29, 0.717) is 12.4 Å². The van der Waals surface area contributed by atoms with Crippen LogP contribution in [0.5, 0.6) is 11.5 Å². The van der Waals surface area contributed by atoms with E-state index in [1.807, 2.05) is 48.5 Å². The molecule has 0 aliphatic carbocycles. The molecule has 4 nitrogen and oxygen atoms in total. The average Bonchev–Trinajstić information content (AvgIpc) is 2.67. The number of para-hydroxylation sites is 1. The predicted octanol–water partition coefficient (Wildman–Crippen LogP) is 4.57. The number of carboxylic acids is 1. The second kappa shape index (κ2) is 8.21. The van der Waals surface area contributed by atoms with Crippen LogP contribution in [0.3, 0.4) is 0 Å². The maximum atomic E-state index is 10.7. The summed E-state index contributed by atoms with van der Waals surface area (Å²) in [6.07, 6.45) is 0.0185. The number of ether oxygens (including phenoxy) is 2. The Labute approximate surface area is 152 Å². The molecule has 0 spiro atoms. The maximum Gasteiger partial charge on any atom is 0.307 e. The first kappa shape index (κ1) is 17.5. The molecule has 0 saturated heterocycles. The van der Waals surface area contributed by atoms with Gasteiger partial charge in [0, 0.05) is 5.56 Å². The van der Waals surface area contributed by atoms with Gasteiger partial charge >= 0.3 is 5.97 Å². The molecule has 132 valence electrons. The van der Waals surface area contributed by atoms with Crippen LogP contribution in [-0.2, 0) is 17.8 Å². The second-order valence-corrected chi connectivity index (χ2v) is 5.90. The summed E-state index contributed by atoms with van der Waals surface area (Å²) < 4.78 is 11.2. The number of carboxylic acid groups (broad SMARTS) is 1. The van der Waals surface area contributed by atoms with Crippen LogP contribution in [0.4, 0.5) is 0 Å². The van der Waals surface area contributed by atoms with E-state index in [0.717, 1.165) is 28.0 Å². The summed E-state index contributed by atoms with van der Waals surface area (Å²) in [6.45, 7) is 0.449. The fraction of sp³-hybridized carbons (Fsp3) is 0.136. The van der Waals surface area contributed by atoms with Crippen LogP contribution in [-0.4, -0.2) is 18.2 Å². The third kappa shape index (κ3) is 4.42. The highest BCUT2D eigenvalue weighted by Crippen LogP contribution is 2.29. The third-order valence-electron chi connectivity index (χ3n) is 4.06. The molecule has 0 aliphatic rings. The van der Waals surface area contributed by atoms with E-state index in [-0.39, 0.29) is 6.42 Å². The van der Waals surface area contributed by atoms with Crippen LogP contribution in [0.15, 0.2) is 72.8 Å². The molecule has 26 heavy (non-hydrogen) atoms. The molecule has 3 aromatic carbocycles. The lowest BCUT2D eigenvalue weighted by molar-refractivity contribution is -0.136. The normalized spacial score (nSPS) is 10.3. The molecular weight excluding hydrogens is 328 g/mol. The summed E-state index contributed by atoms with van der Waals surface area (Å²) >= 11 is 0. The Balaban J connectivity index is 1.63. The van der Waals surface area contributed by atoms with Gasteiger partial charge < -0.3 is 14.6 Å². The van der Waals surface area contributed by atoms with Gasteiger partial charge in [0.2, 0.25) is 0 Å². The van der Waals surface area contributed by atoms with E-state index in [4.69, 9.17) is 14.6 Å². The average molecular weight is 348 g/mol. The van der Waals surface area contributed by atoms with Gasteiger partial charge in [-0.2, -0.15) is 0 Å².